The molecule has 154 valence electrons. The fraction of sp³-hybridized carbons (Fsp3) is 0.286. The van der Waals surface area contributed by atoms with Gasteiger partial charge in [0.25, 0.3) is 5.69 Å². The third-order valence-corrected chi connectivity index (χ3v) is 4.89. The van der Waals surface area contributed by atoms with Gasteiger partial charge in [-0.3, -0.25) is 10.1 Å². The summed E-state index contributed by atoms with van der Waals surface area (Å²) in [6.07, 6.45) is 5.84. The Balaban J connectivity index is 1.65. The number of nitro groups is 1. The number of aromatic nitrogens is 1. The van der Waals surface area contributed by atoms with Crippen LogP contribution in [0.5, 0.6) is 0 Å². The molecular weight excluding hydrogens is 386 g/mol. The highest BCUT2D eigenvalue weighted by molar-refractivity contribution is 5.87. The Labute approximate surface area is 173 Å². The Morgan fingerprint density at radius 2 is 2.13 bits per heavy atom. The summed E-state index contributed by atoms with van der Waals surface area (Å²) in [5.74, 6) is 0.295. The molecule has 0 saturated carbocycles. The van der Waals surface area contributed by atoms with Gasteiger partial charge in [-0.1, -0.05) is 6.07 Å². The van der Waals surface area contributed by atoms with Gasteiger partial charge in [0.2, 0.25) is 0 Å². The van der Waals surface area contributed by atoms with E-state index in [1.165, 1.54) is 25.3 Å². The maximum Gasteiger partial charge on any atom is 0.330 e. The Morgan fingerprint density at radius 3 is 2.73 bits per heavy atom. The van der Waals surface area contributed by atoms with Crippen LogP contribution in [0.2, 0.25) is 0 Å². The third-order valence-electron chi connectivity index (χ3n) is 4.89. The first kappa shape index (κ1) is 20.8. The van der Waals surface area contributed by atoms with E-state index in [0.717, 1.165) is 31.7 Å². The maximum atomic E-state index is 11.5. The Bertz CT molecular complexity index is 989. The quantitative estimate of drug-likeness (QED) is 0.335. The van der Waals surface area contributed by atoms with Crippen molar-refractivity contribution in [3.8, 4) is 6.07 Å². The molecule has 30 heavy (non-hydrogen) atoms. The van der Waals surface area contributed by atoms with Crippen LogP contribution in [0.15, 0.2) is 42.6 Å². The number of benzene rings is 1. The molecule has 0 unspecified atom stereocenters. The monoisotopic (exact) mass is 407 g/mol. The molecule has 0 bridgehead atoms. The van der Waals surface area contributed by atoms with Crippen molar-refractivity contribution in [2.75, 3.05) is 30.4 Å². The highest BCUT2D eigenvalue weighted by Gasteiger charge is 2.23. The molecule has 0 spiro atoms. The van der Waals surface area contributed by atoms with E-state index in [1.54, 1.807) is 24.4 Å². The van der Waals surface area contributed by atoms with Crippen LogP contribution in [-0.2, 0) is 9.53 Å². The van der Waals surface area contributed by atoms with Gasteiger partial charge in [-0.25, -0.2) is 9.78 Å². The van der Waals surface area contributed by atoms with Crippen LogP contribution in [0.4, 0.5) is 17.2 Å². The Hall–Kier alpha value is -3.93. The van der Waals surface area contributed by atoms with E-state index in [2.05, 4.69) is 26.0 Å². The normalized spacial score (nSPS) is 14.3. The smallest absolute Gasteiger partial charge is 0.330 e. The van der Waals surface area contributed by atoms with E-state index in [-0.39, 0.29) is 11.7 Å². The van der Waals surface area contributed by atoms with Gasteiger partial charge in [0.1, 0.15) is 17.6 Å². The van der Waals surface area contributed by atoms with E-state index in [1.807, 2.05) is 6.07 Å². The summed E-state index contributed by atoms with van der Waals surface area (Å²) in [7, 11) is 1.27. The van der Waals surface area contributed by atoms with E-state index in [4.69, 9.17) is 5.26 Å². The molecule has 0 radical (unpaired) electrons. The molecule has 1 fully saturated rings. The van der Waals surface area contributed by atoms with Gasteiger partial charge < -0.3 is 15.0 Å². The van der Waals surface area contributed by atoms with Crippen LogP contribution in [0.1, 0.15) is 24.0 Å². The highest BCUT2D eigenvalue weighted by Crippen LogP contribution is 2.29. The number of hydrogen-bond acceptors (Lipinski definition) is 8. The number of carbonyl (C=O) groups is 1. The zero-order valence-electron chi connectivity index (χ0n) is 16.4. The number of nitro benzene ring substituents is 1. The van der Waals surface area contributed by atoms with Gasteiger partial charge in [-0.05, 0) is 42.7 Å². The predicted octanol–water partition coefficient (Wildman–Crippen LogP) is 3.13. The lowest BCUT2D eigenvalue weighted by molar-refractivity contribution is -0.384. The average Bonchev–Trinajstić information content (AvgIpc) is 2.78. The van der Waals surface area contributed by atoms with Gasteiger partial charge in [-0.15, -0.1) is 0 Å². The first-order valence-corrected chi connectivity index (χ1v) is 9.42. The molecule has 9 nitrogen and oxygen atoms in total. The van der Waals surface area contributed by atoms with Crippen LogP contribution in [0.25, 0.3) is 6.08 Å². The van der Waals surface area contributed by atoms with E-state index >= 15 is 0 Å². The molecule has 1 aromatic heterocycles. The number of esters is 1. The SMILES string of the molecule is COC(=O)/C=C/c1ccc(NC2CCN(c3ccc(C#N)cn3)CC2)c([N+](=O)[O-])c1. The molecule has 3 rings (SSSR count). The number of hydrogen-bond donors (Lipinski definition) is 1. The minimum absolute atomic E-state index is 0.0433. The predicted molar refractivity (Wildman–Crippen MR) is 112 cm³/mol. The number of piperidine rings is 1. The van der Waals surface area contributed by atoms with Crippen molar-refractivity contribution in [3.05, 3.63) is 63.8 Å². The van der Waals surface area contributed by atoms with Crippen LogP contribution in [0, 0.1) is 21.4 Å². The Kier molecular flexibility index (Phi) is 6.60. The maximum absolute atomic E-state index is 11.5. The van der Waals surface area contributed by atoms with E-state index < -0.39 is 10.9 Å². The largest absolute Gasteiger partial charge is 0.466 e. The second kappa shape index (κ2) is 9.52. The summed E-state index contributed by atoms with van der Waals surface area (Å²) in [4.78, 5) is 28.7. The summed E-state index contributed by atoms with van der Waals surface area (Å²) in [5, 5.41) is 23.7. The molecule has 9 heteroatoms. The fourth-order valence-corrected chi connectivity index (χ4v) is 3.27. The van der Waals surface area contributed by atoms with Gasteiger partial charge >= 0.3 is 5.97 Å². The van der Waals surface area contributed by atoms with Crippen LogP contribution >= 0.6 is 0 Å². The van der Waals surface area contributed by atoms with Crippen LogP contribution in [-0.4, -0.2) is 42.1 Å². The number of pyridine rings is 1. The van der Waals surface area contributed by atoms with Gasteiger partial charge in [0.05, 0.1) is 17.6 Å². The summed E-state index contributed by atoms with van der Waals surface area (Å²) >= 11 is 0. The average molecular weight is 407 g/mol. The summed E-state index contributed by atoms with van der Waals surface area (Å²) in [5.41, 5.74) is 1.47. The van der Waals surface area contributed by atoms with Crippen LogP contribution in [0.3, 0.4) is 0 Å². The van der Waals surface area contributed by atoms with Gasteiger partial charge in [0.15, 0.2) is 0 Å². The molecule has 1 aromatic carbocycles. The summed E-state index contributed by atoms with van der Waals surface area (Å²) in [6.45, 7) is 1.51. The van der Waals surface area contributed by atoms with Crippen molar-refractivity contribution < 1.29 is 14.5 Å². The van der Waals surface area contributed by atoms with Crippen molar-refractivity contribution in [1.82, 2.24) is 4.98 Å². The highest BCUT2D eigenvalue weighted by atomic mass is 16.6. The van der Waals surface area contributed by atoms with E-state index in [9.17, 15) is 14.9 Å². The summed E-state index contributed by atoms with van der Waals surface area (Å²) in [6, 6.07) is 10.5. The first-order chi connectivity index (χ1) is 14.5. The fourth-order valence-electron chi connectivity index (χ4n) is 3.27. The number of rotatable bonds is 6. The molecule has 0 aliphatic carbocycles. The first-order valence-electron chi connectivity index (χ1n) is 9.42. The number of nitrogens with zero attached hydrogens (tertiary/aromatic N) is 4. The van der Waals surface area contributed by atoms with Crippen molar-refractivity contribution in [1.29, 1.82) is 5.26 Å². The van der Waals surface area contributed by atoms with Crippen LogP contribution < -0.4 is 10.2 Å². The topological polar surface area (TPSA) is 121 Å². The van der Waals surface area contributed by atoms with Crippen molar-refractivity contribution >= 4 is 29.2 Å². The molecule has 2 aromatic rings. The molecule has 1 N–H and O–H groups in total. The number of carbonyl (C=O) groups excluding carboxylic acids is 1. The molecule has 1 saturated heterocycles. The number of ether oxygens (including phenoxy) is 1. The van der Waals surface area contributed by atoms with E-state index in [0.29, 0.717) is 16.8 Å². The van der Waals surface area contributed by atoms with Crippen molar-refractivity contribution in [3.63, 3.8) is 0 Å². The minimum Gasteiger partial charge on any atom is -0.466 e. The van der Waals surface area contributed by atoms with Gasteiger partial charge in [-0.2, -0.15) is 5.26 Å². The lowest BCUT2D eigenvalue weighted by Gasteiger charge is -2.33. The number of nitriles is 1. The Morgan fingerprint density at radius 1 is 1.37 bits per heavy atom. The molecule has 0 atom stereocenters. The second-order valence-corrected chi connectivity index (χ2v) is 6.81. The number of methoxy groups -OCH3 is 1. The lowest BCUT2D eigenvalue weighted by atomic mass is 10.0. The molecule has 1 aliphatic heterocycles. The molecule has 0 amide bonds. The third kappa shape index (κ3) is 5.11. The number of nitrogens with one attached hydrogen (secondary N) is 1. The second-order valence-electron chi connectivity index (χ2n) is 6.81. The standard InChI is InChI=1S/C21H21N5O4/c1-30-21(27)7-4-15-2-5-18(19(12-15)26(28)29)24-17-8-10-25(11-9-17)20-6-3-16(13-22)14-23-20/h2-7,12,14,17,24H,8-11H2,1H3/b7-4+. The molecule has 1 aliphatic rings. The number of anilines is 2. The zero-order valence-corrected chi connectivity index (χ0v) is 16.4. The summed E-state index contributed by atoms with van der Waals surface area (Å²) < 4.78 is 4.53. The van der Waals surface area contributed by atoms with Crippen molar-refractivity contribution in [2.24, 2.45) is 0 Å². The van der Waals surface area contributed by atoms with Crippen molar-refractivity contribution in [2.45, 2.75) is 18.9 Å². The molecule has 2 heterocycles. The zero-order chi connectivity index (χ0) is 21.5. The lowest BCUT2D eigenvalue weighted by Crippen LogP contribution is -2.39. The van der Waals surface area contributed by atoms with Gasteiger partial charge in [0, 0.05) is 37.5 Å². The minimum atomic E-state index is -0.525. The molecular formula is C21H21N5O4.